The molecule has 23 heavy (non-hydrogen) atoms. The molecular weight excluding hydrogens is 306 g/mol. The number of rotatable bonds is 4. The summed E-state index contributed by atoms with van der Waals surface area (Å²) in [6, 6.07) is 7.61. The molecule has 5 nitrogen and oxygen atoms in total. The Kier molecular flexibility index (Phi) is 5.18. The molecule has 0 spiro atoms. The Morgan fingerprint density at radius 2 is 2.04 bits per heavy atom. The van der Waals surface area contributed by atoms with E-state index in [0.29, 0.717) is 0 Å². The van der Waals surface area contributed by atoms with Crippen LogP contribution in [0.1, 0.15) is 25.8 Å². The number of amides is 2. The summed E-state index contributed by atoms with van der Waals surface area (Å²) >= 11 is 0. The van der Waals surface area contributed by atoms with Crippen LogP contribution in [-0.4, -0.2) is 41.5 Å². The largest absolute Gasteiger partial charge is 0.445 e. The van der Waals surface area contributed by atoms with Gasteiger partial charge in [0.05, 0.1) is 6.54 Å². The number of carbonyl (C=O) groups excluding carboxylic acids is 2. The van der Waals surface area contributed by atoms with Gasteiger partial charge in [-0.15, -0.1) is 0 Å². The number of alkyl carbamates (subject to hydrolysis) is 1. The third kappa shape index (κ3) is 4.64. The third-order valence-electron chi connectivity index (χ3n) is 3.73. The number of alkyl halides is 2. The van der Waals surface area contributed by atoms with Crippen molar-refractivity contribution in [1.29, 1.82) is 0 Å². The molecule has 0 unspecified atom stereocenters. The molecule has 1 fully saturated rings. The minimum absolute atomic E-state index is 0.0752. The van der Waals surface area contributed by atoms with E-state index in [1.54, 1.807) is 19.1 Å². The van der Waals surface area contributed by atoms with E-state index in [4.69, 9.17) is 4.74 Å². The zero-order chi connectivity index (χ0) is 17.0. The molecule has 126 valence electrons. The van der Waals surface area contributed by atoms with Crippen LogP contribution < -0.4 is 5.32 Å². The fraction of sp³-hybridized carbons (Fsp3) is 0.500. The molecule has 1 heterocycles. The molecule has 0 aromatic heterocycles. The molecule has 1 saturated heterocycles. The fourth-order valence-electron chi connectivity index (χ4n) is 2.56. The molecular formula is C16H20F2N2O3. The van der Waals surface area contributed by atoms with Gasteiger partial charge >= 0.3 is 6.09 Å². The van der Waals surface area contributed by atoms with Crippen LogP contribution in [-0.2, 0) is 16.1 Å². The summed E-state index contributed by atoms with van der Waals surface area (Å²) in [5.74, 6) is -3.41. The molecule has 2 atom stereocenters. The number of hydrogen-bond acceptors (Lipinski definition) is 3. The van der Waals surface area contributed by atoms with Crippen LogP contribution in [0.3, 0.4) is 0 Å². The van der Waals surface area contributed by atoms with Gasteiger partial charge in [0.25, 0.3) is 5.92 Å². The Hall–Kier alpha value is -2.18. The number of nitrogens with zero attached hydrogens (tertiary/aromatic N) is 1. The molecule has 1 N–H and O–H groups in total. The summed E-state index contributed by atoms with van der Waals surface area (Å²) < 4.78 is 31.7. The first-order valence-corrected chi connectivity index (χ1v) is 7.44. The average Bonchev–Trinajstić information content (AvgIpc) is 2.78. The van der Waals surface area contributed by atoms with Crippen LogP contribution >= 0.6 is 0 Å². The van der Waals surface area contributed by atoms with Gasteiger partial charge < -0.3 is 15.0 Å². The quantitative estimate of drug-likeness (QED) is 0.925. The van der Waals surface area contributed by atoms with Crippen molar-refractivity contribution in [3.63, 3.8) is 0 Å². The highest BCUT2D eigenvalue weighted by Gasteiger charge is 2.45. The normalized spacial score (nSPS) is 20.9. The summed E-state index contributed by atoms with van der Waals surface area (Å²) in [4.78, 5) is 25.0. The maximum absolute atomic E-state index is 13.3. The van der Waals surface area contributed by atoms with Crippen LogP contribution in [0.15, 0.2) is 30.3 Å². The average molecular weight is 326 g/mol. The second kappa shape index (κ2) is 6.93. The standard InChI is InChI=1S/C16H20F2N2O3/c1-11-8-16(17,18)10-20(11)14(21)12(2)19-15(22)23-9-13-6-4-3-5-7-13/h3-7,11-12H,8-10H2,1-2H3,(H,19,22)/t11-,12+/m1/s1. The number of likely N-dealkylation sites (tertiary alicyclic amines) is 1. The van der Waals surface area contributed by atoms with Crippen molar-refractivity contribution in [3.8, 4) is 0 Å². The van der Waals surface area contributed by atoms with Gasteiger partial charge in [0, 0.05) is 12.5 Å². The van der Waals surface area contributed by atoms with Crippen molar-refractivity contribution >= 4 is 12.0 Å². The lowest BCUT2D eigenvalue weighted by Gasteiger charge is -2.24. The van der Waals surface area contributed by atoms with Gasteiger partial charge in [-0.3, -0.25) is 4.79 Å². The van der Waals surface area contributed by atoms with E-state index < -0.39 is 36.6 Å². The summed E-state index contributed by atoms with van der Waals surface area (Å²) in [5.41, 5.74) is 0.814. The monoisotopic (exact) mass is 326 g/mol. The lowest BCUT2D eigenvalue weighted by molar-refractivity contribution is -0.134. The van der Waals surface area contributed by atoms with Crippen molar-refractivity contribution in [1.82, 2.24) is 10.2 Å². The van der Waals surface area contributed by atoms with Gasteiger partial charge in [0.15, 0.2) is 0 Å². The molecule has 7 heteroatoms. The summed E-state index contributed by atoms with van der Waals surface area (Å²) in [6.45, 7) is 2.48. The predicted molar refractivity (Wildman–Crippen MR) is 80.0 cm³/mol. The Morgan fingerprint density at radius 3 is 2.61 bits per heavy atom. The zero-order valence-electron chi connectivity index (χ0n) is 13.1. The number of halogens is 2. The third-order valence-corrected chi connectivity index (χ3v) is 3.73. The predicted octanol–water partition coefficient (Wildman–Crippen LogP) is 2.56. The lowest BCUT2D eigenvalue weighted by Crippen LogP contribution is -2.48. The van der Waals surface area contributed by atoms with E-state index in [1.165, 1.54) is 6.92 Å². The molecule has 0 aliphatic carbocycles. The van der Waals surface area contributed by atoms with Gasteiger partial charge in [0.2, 0.25) is 5.91 Å². The second-order valence-electron chi connectivity index (χ2n) is 5.80. The summed E-state index contributed by atoms with van der Waals surface area (Å²) in [7, 11) is 0. The fourth-order valence-corrected chi connectivity index (χ4v) is 2.56. The van der Waals surface area contributed by atoms with E-state index in [9.17, 15) is 18.4 Å². The van der Waals surface area contributed by atoms with Gasteiger partial charge in [-0.05, 0) is 19.4 Å². The van der Waals surface area contributed by atoms with Crippen molar-refractivity contribution in [2.45, 2.75) is 44.9 Å². The highest BCUT2D eigenvalue weighted by Crippen LogP contribution is 2.31. The van der Waals surface area contributed by atoms with Crippen LogP contribution in [0.4, 0.5) is 13.6 Å². The molecule has 1 aromatic carbocycles. The number of benzene rings is 1. The van der Waals surface area contributed by atoms with Gasteiger partial charge in [-0.1, -0.05) is 30.3 Å². The van der Waals surface area contributed by atoms with Crippen molar-refractivity contribution < 1.29 is 23.1 Å². The van der Waals surface area contributed by atoms with Gasteiger partial charge in [0.1, 0.15) is 12.6 Å². The van der Waals surface area contributed by atoms with E-state index >= 15 is 0 Å². The van der Waals surface area contributed by atoms with Gasteiger partial charge in [-0.2, -0.15) is 0 Å². The van der Waals surface area contributed by atoms with Crippen molar-refractivity contribution in [3.05, 3.63) is 35.9 Å². The molecule has 0 bridgehead atoms. The Balaban J connectivity index is 1.82. The first kappa shape index (κ1) is 17.2. The second-order valence-corrected chi connectivity index (χ2v) is 5.80. The molecule has 0 radical (unpaired) electrons. The zero-order valence-corrected chi connectivity index (χ0v) is 13.1. The van der Waals surface area contributed by atoms with Crippen LogP contribution in [0.2, 0.25) is 0 Å². The lowest BCUT2D eigenvalue weighted by atomic mass is 10.2. The number of ether oxygens (including phenoxy) is 1. The first-order valence-electron chi connectivity index (χ1n) is 7.44. The SMILES string of the molecule is C[C@H](NC(=O)OCc1ccccc1)C(=O)N1CC(F)(F)C[C@H]1C. The minimum Gasteiger partial charge on any atom is -0.445 e. The van der Waals surface area contributed by atoms with E-state index in [1.807, 2.05) is 18.2 Å². The van der Waals surface area contributed by atoms with Gasteiger partial charge in [-0.25, -0.2) is 13.6 Å². The summed E-state index contributed by atoms with van der Waals surface area (Å²) in [6.07, 6.45) is -1.11. The van der Waals surface area contributed by atoms with Crippen LogP contribution in [0.25, 0.3) is 0 Å². The van der Waals surface area contributed by atoms with Crippen LogP contribution in [0.5, 0.6) is 0 Å². The molecule has 1 aliphatic rings. The molecule has 1 aromatic rings. The Morgan fingerprint density at radius 1 is 1.39 bits per heavy atom. The van der Waals surface area contributed by atoms with E-state index in [0.717, 1.165) is 10.5 Å². The summed E-state index contributed by atoms with van der Waals surface area (Å²) in [5, 5.41) is 2.38. The number of nitrogens with one attached hydrogen (secondary N) is 1. The van der Waals surface area contributed by atoms with Crippen LogP contribution in [0, 0.1) is 0 Å². The topological polar surface area (TPSA) is 58.6 Å². The minimum atomic E-state index is -2.87. The number of carbonyl (C=O) groups is 2. The molecule has 1 aliphatic heterocycles. The molecule has 2 rings (SSSR count). The maximum Gasteiger partial charge on any atom is 0.408 e. The Bertz CT molecular complexity index is 566. The van der Waals surface area contributed by atoms with E-state index in [2.05, 4.69) is 5.32 Å². The smallest absolute Gasteiger partial charge is 0.408 e. The highest BCUT2D eigenvalue weighted by atomic mass is 19.3. The molecule has 2 amide bonds. The highest BCUT2D eigenvalue weighted by molar-refractivity contribution is 5.85. The maximum atomic E-state index is 13.3. The van der Waals surface area contributed by atoms with E-state index in [-0.39, 0.29) is 13.0 Å². The molecule has 0 saturated carbocycles. The Labute approximate surface area is 133 Å². The number of hydrogen-bond donors (Lipinski definition) is 1. The van der Waals surface area contributed by atoms with Crippen molar-refractivity contribution in [2.75, 3.05) is 6.54 Å². The first-order chi connectivity index (χ1) is 10.8. The van der Waals surface area contributed by atoms with Crippen molar-refractivity contribution in [2.24, 2.45) is 0 Å².